The fourth-order valence-corrected chi connectivity index (χ4v) is 3.40. The number of pyridine rings is 1. The zero-order chi connectivity index (χ0) is 13.5. The first-order valence-corrected chi connectivity index (χ1v) is 7.31. The first kappa shape index (κ1) is 12.1. The molecule has 1 aliphatic heterocycles. The average Bonchev–Trinajstić information content (AvgIpc) is 2.84. The number of benzene rings is 1. The molecule has 0 radical (unpaired) electrons. The van der Waals surface area contributed by atoms with Gasteiger partial charge in [0.05, 0.1) is 22.7 Å². The van der Waals surface area contributed by atoms with E-state index in [1.54, 1.807) is 0 Å². The number of ether oxygens (including phenoxy) is 1. The molecular weight excluding hydrogens is 270 g/mol. The van der Waals surface area contributed by atoms with Crippen LogP contribution in [0.5, 0.6) is 0 Å². The van der Waals surface area contributed by atoms with Gasteiger partial charge in [0, 0.05) is 24.6 Å². The van der Waals surface area contributed by atoms with E-state index in [0.29, 0.717) is 6.04 Å². The van der Waals surface area contributed by atoms with Gasteiger partial charge in [0.2, 0.25) is 0 Å². The summed E-state index contributed by atoms with van der Waals surface area (Å²) < 4.78 is 8.51. The minimum Gasteiger partial charge on any atom is -0.381 e. The molecule has 1 aliphatic rings. The van der Waals surface area contributed by atoms with Gasteiger partial charge in [-0.05, 0) is 31.1 Å². The molecule has 2 aromatic heterocycles. The summed E-state index contributed by atoms with van der Waals surface area (Å²) in [5, 5.41) is 1.16. The summed E-state index contributed by atoms with van der Waals surface area (Å²) in [5.41, 5.74) is 3.20. The molecule has 0 saturated carbocycles. The molecular formula is C15H15N3OS. The number of aromatic amines is 1. The number of aromatic nitrogens is 3. The number of H-pyrrole nitrogens is 1. The molecule has 0 amide bonds. The highest BCUT2D eigenvalue weighted by Crippen LogP contribution is 2.30. The topological polar surface area (TPSA) is 42.8 Å². The molecule has 0 unspecified atom stereocenters. The molecule has 1 aromatic carbocycles. The summed E-state index contributed by atoms with van der Waals surface area (Å²) in [6, 6.07) is 8.63. The van der Waals surface area contributed by atoms with Crippen LogP contribution >= 0.6 is 12.2 Å². The van der Waals surface area contributed by atoms with Crippen LogP contribution < -0.4 is 0 Å². The molecule has 0 atom stereocenters. The average molecular weight is 285 g/mol. The molecule has 1 fully saturated rings. The predicted octanol–water partition coefficient (Wildman–Crippen LogP) is 3.60. The molecule has 0 aliphatic carbocycles. The van der Waals surface area contributed by atoms with Crippen LogP contribution in [0.2, 0.25) is 0 Å². The van der Waals surface area contributed by atoms with Crippen molar-refractivity contribution in [3.05, 3.63) is 35.2 Å². The Morgan fingerprint density at radius 1 is 1.25 bits per heavy atom. The smallest absolute Gasteiger partial charge is 0.178 e. The Kier molecular flexibility index (Phi) is 2.82. The van der Waals surface area contributed by atoms with Crippen LogP contribution in [0, 0.1) is 4.77 Å². The van der Waals surface area contributed by atoms with Crippen LogP contribution in [0.4, 0.5) is 0 Å². The Balaban J connectivity index is 2.05. The lowest BCUT2D eigenvalue weighted by Crippen LogP contribution is -2.19. The Bertz CT molecular complexity index is 830. The van der Waals surface area contributed by atoms with Crippen molar-refractivity contribution < 1.29 is 4.74 Å². The predicted molar refractivity (Wildman–Crippen MR) is 81.5 cm³/mol. The monoisotopic (exact) mass is 285 g/mol. The van der Waals surface area contributed by atoms with Crippen LogP contribution in [0.15, 0.2) is 30.5 Å². The number of hydrogen-bond donors (Lipinski definition) is 1. The summed E-state index contributed by atoms with van der Waals surface area (Å²) in [7, 11) is 0. The second kappa shape index (κ2) is 4.68. The van der Waals surface area contributed by atoms with Gasteiger partial charge >= 0.3 is 0 Å². The maximum Gasteiger partial charge on any atom is 0.178 e. The van der Waals surface area contributed by atoms with Crippen molar-refractivity contribution in [2.45, 2.75) is 18.9 Å². The molecule has 4 nitrogen and oxygen atoms in total. The lowest BCUT2D eigenvalue weighted by molar-refractivity contribution is 0.0703. The van der Waals surface area contributed by atoms with Gasteiger partial charge in [0.15, 0.2) is 4.77 Å². The molecule has 3 heterocycles. The fraction of sp³-hybridized carbons (Fsp3) is 0.333. The van der Waals surface area contributed by atoms with E-state index in [-0.39, 0.29) is 0 Å². The Morgan fingerprint density at radius 3 is 2.90 bits per heavy atom. The largest absolute Gasteiger partial charge is 0.381 e. The van der Waals surface area contributed by atoms with E-state index in [2.05, 4.69) is 20.6 Å². The highest BCUT2D eigenvalue weighted by Gasteiger charge is 2.20. The van der Waals surface area contributed by atoms with Crippen LogP contribution in [-0.4, -0.2) is 27.7 Å². The van der Waals surface area contributed by atoms with Gasteiger partial charge in [-0.25, -0.2) is 0 Å². The number of imidazole rings is 1. The third-order valence-electron chi connectivity index (χ3n) is 4.00. The SMILES string of the molecule is S=c1[nH]c2cnc3ccccc3c2n1C1CCOCC1. The number of nitrogens with one attached hydrogen (secondary N) is 1. The van der Waals surface area contributed by atoms with Crippen molar-refractivity contribution in [1.82, 2.24) is 14.5 Å². The Morgan fingerprint density at radius 2 is 2.05 bits per heavy atom. The number of para-hydroxylation sites is 1. The summed E-state index contributed by atoms with van der Waals surface area (Å²) in [4.78, 5) is 7.78. The normalized spacial score (nSPS) is 17.0. The molecule has 1 saturated heterocycles. The van der Waals surface area contributed by atoms with E-state index in [1.807, 2.05) is 24.4 Å². The van der Waals surface area contributed by atoms with E-state index in [0.717, 1.165) is 47.2 Å². The van der Waals surface area contributed by atoms with Gasteiger partial charge < -0.3 is 14.3 Å². The summed E-state index contributed by atoms with van der Waals surface area (Å²) >= 11 is 5.54. The lowest BCUT2D eigenvalue weighted by Gasteiger charge is -2.24. The van der Waals surface area contributed by atoms with Crippen molar-refractivity contribution in [3.8, 4) is 0 Å². The Labute approximate surface area is 121 Å². The quantitative estimate of drug-likeness (QED) is 0.695. The zero-order valence-corrected chi connectivity index (χ0v) is 11.8. The first-order valence-electron chi connectivity index (χ1n) is 6.90. The van der Waals surface area contributed by atoms with Crippen LogP contribution in [-0.2, 0) is 4.74 Å². The lowest BCUT2D eigenvalue weighted by atomic mass is 10.1. The third-order valence-corrected chi connectivity index (χ3v) is 4.30. The van der Waals surface area contributed by atoms with Crippen molar-refractivity contribution in [1.29, 1.82) is 0 Å². The standard InChI is InChI=1S/C15H15N3OS/c20-15-17-13-9-16-12-4-2-1-3-11(12)14(13)18(15)10-5-7-19-8-6-10/h1-4,9-10H,5-8H2,(H,17,20). The van der Waals surface area contributed by atoms with Crippen LogP contribution in [0.25, 0.3) is 21.9 Å². The number of fused-ring (bicyclic) bond motifs is 3. The first-order chi connectivity index (χ1) is 9.84. The summed E-state index contributed by atoms with van der Waals surface area (Å²) in [5.74, 6) is 0. The second-order valence-corrected chi connectivity index (χ2v) is 5.57. The molecule has 4 rings (SSSR count). The fourth-order valence-electron chi connectivity index (χ4n) is 3.05. The third kappa shape index (κ3) is 1.77. The number of nitrogens with zero attached hydrogens (tertiary/aromatic N) is 2. The molecule has 20 heavy (non-hydrogen) atoms. The van der Waals surface area contributed by atoms with Crippen molar-refractivity contribution in [2.75, 3.05) is 13.2 Å². The van der Waals surface area contributed by atoms with Crippen LogP contribution in [0.3, 0.4) is 0 Å². The highest BCUT2D eigenvalue weighted by atomic mass is 32.1. The second-order valence-electron chi connectivity index (χ2n) is 5.18. The Hall–Kier alpha value is -1.72. The van der Waals surface area contributed by atoms with Crippen LogP contribution in [0.1, 0.15) is 18.9 Å². The van der Waals surface area contributed by atoms with Gasteiger partial charge in [0.25, 0.3) is 0 Å². The molecule has 102 valence electrons. The van der Waals surface area contributed by atoms with Gasteiger partial charge in [0.1, 0.15) is 0 Å². The zero-order valence-electron chi connectivity index (χ0n) is 11.0. The summed E-state index contributed by atoms with van der Waals surface area (Å²) in [6.07, 6.45) is 3.90. The molecule has 1 N–H and O–H groups in total. The highest BCUT2D eigenvalue weighted by molar-refractivity contribution is 7.71. The maximum atomic E-state index is 5.54. The van der Waals surface area contributed by atoms with Gasteiger partial charge in [-0.15, -0.1) is 0 Å². The minimum absolute atomic E-state index is 0.413. The van der Waals surface area contributed by atoms with Crippen molar-refractivity contribution >= 4 is 34.2 Å². The molecule has 3 aromatic rings. The maximum absolute atomic E-state index is 5.54. The van der Waals surface area contributed by atoms with Gasteiger partial charge in [-0.1, -0.05) is 18.2 Å². The van der Waals surface area contributed by atoms with E-state index >= 15 is 0 Å². The number of rotatable bonds is 1. The van der Waals surface area contributed by atoms with E-state index in [1.165, 1.54) is 5.52 Å². The molecule has 5 heteroatoms. The van der Waals surface area contributed by atoms with Gasteiger partial charge in [-0.3, -0.25) is 4.98 Å². The van der Waals surface area contributed by atoms with Crippen molar-refractivity contribution in [3.63, 3.8) is 0 Å². The van der Waals surface area contributed by atoms with E-state index < -0.39 is 0 Å². The van der Waals surface area contributed by atoms with Crippen molar-refractivity contribution in [2.24, 2.45) is 0 Å². The molecule has 0 bridgehead atoms. The number of hydrogen-bond acceptors (Lipinski definition) is 3. The minimum atomic E-state index is 0.413. The van der Waals surface area contributed by atoms with E-state index in [9.17, 15) is 0 Å². The van der Waals surface area contributed by atoms with Gasteiger partial charge in [-0.2, -0.15) is 0 Å². The van der Waals surface area contributed by atoms with E-state index in [4.69, 9.17) is 17.0 Å². The molecule has 0 spiro atoms. The summed E-state index contributed by atoms with van der Waals surface area (Å²) in [6.45, 7) is 1.62.